The van der Waals surface area contributed by atoms with E-state index in [1.165, 1.54) is 29.5 Å². The number of hydrogen-bond donors (Lipinski definition) is 1. The second kappa shape index (κ2) is 9.32. The maximum Gasteiger partial charge on any atom is 0.265 e. The summed E-state index contributed by atoms with van der Waals surface area (Å²) in [7, 11) is 0. The van der Waals surface area contributed by atoms with Crippen molar-refractivity contribution in [3.63, 3.8) is 0 Å². The number of anilines is 1. The molecular weight excluding hydrogens is 432 g/mol. The predicted molar refractivity (Wildman–Crippen MR) is 120 cm³/mol. The summed E-state index contributed by atoms with van der Waals surface area (Å²) in [6, 6.07) is 14.2. The monoisotopic (exact) mass is 453 g/mol. The van der Waals surface area contributed by atoms with Gasteiger partial charge in [-0.1, -0.05) is 24.3 Å². The Balaban J connectivity index is 1.42. The molecule has 2 aromatic heterocycles. The number of halogens is 2. The molecule has 0 unspecified atom stereocenters. The number of carbonyl (C=O) groups is 1. The molecule has 32 heavy (non-hydrogen) atoms. The number of amides is 1. The van der Waals surface area contributed by atoms with Crippen molar-refractivity contribution in [2.75, 3.05) is 5.32 Å². The maximum atomic E-state index is 13.7. The molecule has 0 aliphatic rings. The Morgan fingerprint density at radius 1 is 1.09 bits per heavy atom. The van der Waals surface area contributed by atoms with E-state index in [2.05, 4.69) is 10.4 Å². The van der Waals surface area contributed by atoms with E-state index in [0.29, 0.717) is 22.8 Å². The van der Waals surface area contributed by atoms with Gasteiger partial charge in [0.1, 0.15) is 12.4 Å². The van der Waals surface area contributed by atoms with Gasteiger partial charge in [-0.15, -0.1) is 11.3 Å². The third-order valence-electron chi connectivity index (χ3n) is 4.97. The van der Waals surface area contributed by atoms with Crippen molar-refractivity contribution in [3.05, 3.63) is 99.0 Å². The van der Waals surface area contributed by atoms with Crippen LogP contribution < -0.4 is 10.1 Å². The minimum Gasteiger partial charge on any atom is -0.486 e. The summed E-state index contributed by atoms with van der Waals surface area (Å²) in [6.45, 7) is 4.34. The summed E-state index contributed by atoms with van der Waals surface area (Å²) in [5, 5.41) is 9.25. The molecule has 1 N–H and O–H groups in total. The third kappa shape index (κ3) is 4.86. The summed E-state index contributed by atoms with van der Waals surface area (Å²) in [5.74, 6) is -0.793. The molecule has 0 aliphatic carbocycles. The fraction of sp³-hybridized carbons (Fsp3) is 0.167. The topological polar surface area (TPSA) is 56.2 Å². The van der Waals surface area contributed by atoms with Gasteiger partial charge in [-0.2, -0.15) is 5.10 Å². The molecule has 0 radical (unpaired) electrons. The molecule has 164 valence electrons. The first-order valence-corrected chi connectivity index (χ1v) is 10.8. The molecule has 0 saturated heterocycles. The summed E-state index contributed by atoms with van der Waals surface area (Å²) >= 11 is 1.29. The lowest BCUT2D eigenvalue weighted by atomic mass is 10.2. The first-order chi connectivity index (χ1) is 15.4. The van der Waals surface area contributed by atoms with Gasteiger partial charge in [0.05, 0.1) is 28.5 Å². The summed E-state index contributed by atoms with van der Waals surface area (Å²) in [5.41, 5.74) is 3.84. The van der Waals surface area contributed by atoms with Gasteiger partial charge in [-0.3, -0.25) is 9.48 Å². The molecule has 4 rings (SSSR count). The lowest BCUT2D eigenvalue weighted by Crippen LogP contribution is -2.12. The number of nitrogens with one attached hydrogen (secondary N) is 1. The van der Waals surface area contributed by atoms with Crippen LogP contribution in [0.25, 0.3) is 0 Å². The second-order valence-electron chi connectivity index (χ2n) is 7.32. The van der Waals surface area contributed by atoms with Crippen LogP contribution in [0.4, 0.5) is 14.5 Å². The minimum atomic E-state index is -0.427. The Labute approximate surface area is 188 Å². The van der Waals surface area contributed by atoms with Crippen LogP contribution in [0, 0.1) is 25.5 Å². The number of carbonyl (C=O) groups excluding carboxylic acids is 1. The molecular formula is C24H21F2N3O2S. The molecule has 0 bridgehead atoms. The van der Waals surface area contributed by atoms with E-state index in [1.807, 2.05) is 19.2 Å². The lowest BCUT2D eigenvalue weighted by molar-refractivity contribution is 0.103. The molecule has 0 spiro atoms. The van der Waals surface area contributed by atoms with Gasteiger partial charge < -0.3 is 10.1 Å². The fourth-order valence-corrected chi connectivity index (χ4v) is 4.05. The van der Waals surface area contributed by atoms with Gasteiger partial charge in [-0.25, -0.2) is 8.78 Å². The van der Waals surface area contributed by atoms with Crippen molar-refractivity contribution in [1.29, 1.82) is 0 Å². The minimum absolute atomic E-state index is 0.165. The van der Waals surface area contributed by atoms with Crippen LogP contribution in [-0.2, 0) is 13.2 Å². The zero-order valence-electron chi connectivity index (χ0n) is 17.6. The number of benzene rings is 2. The quantitative estimate of drug-likeness (QED) is 0.389. The number of hydrogen-bond acceptors (Lipinski definition) is 4. The highest BCUT2D eigenvalue weighted by atomic mass is 32.1. The van der Waals surface area contributed by atoms with Crippen molar-refractivity contribution < 1.29 is 18.3 Å². The summed E-state index contributed by atoms with van der Waals surface area (Å²) in [4.78, 5) is 13.3. The van der Waals surface area contributed by atoms with E-state index >= 15 is 0 Å². The molecule has 2 aromatic carbocycles. The normalized spacial score (nSPS) is 10.9. The number of aromatic nitrogens is 2. The van der Waals surface area contributed by atoms with E-state index in [1.54, 1.807) is 41.1 Å². The molecule has 4 aromatic rings. The Kier molecular flexibility index (Phi) is 6.32. The number of nitrogens with zero attached hydrogens (tertiary/aromatic N) is 2. The van der Waals surface area contributed by atoms with E-state index in [9.17, 15) is 13.6 Å². The number of aryl methyl sites for hydroxylation is 1. The lowest BCUT2D eigenvalue weighted by Gasteiger charge is -2.07. The Bertz CT molecular complexity index is 1250. The molecule has 1 amide bonds. The highest BCUT2D eigenvalue weighted by molar-refractivity contribution is 7.12. The van der Waals surface area contributed by atoms with Crippen molar-refractivity contribution in [2.45, 2.75) is 27.0 Å². The summed E-state index contributed by atoms with van der Waals surface area (Å²) in [6.07, 6.45) is 0. The first-order valence-electron chi connectivity index (χ1n) is 9.95. The molecule has 0 atom stereocenters. The van der Waals surface area contributed by atoms with Gasteiger partial charge in [0.15, 0.2) is 11.6 Å². The van der Waals surface area contributed by atoms with Gasteiger partial charge in [0.2, 0.25) is 0 Å². The number of para-hydroxylation sites is 1. The molecule has 0 saturated carbocycles. The van der Waals surface area contributed by atoms with Crippen LogP contribution >= 0.6 is 11.3 Å². The van der Waals surface area contributed by atoms with Crippen LogP contribution in [0.1, 0.15) is 32.2 Å². The number of rotatable bonds is 7. The van der Waals surface area contributed by atoms with Crippen molar-refractivity contribution in [3.8, 4) is 5.75 Å². The zero-order chi connectivity index (χ0) is 22.7. The maximum absolute atomic E-state index is 13.7. The van der Waals surface area contributed by atoms with E-state index in [4.69, 9.17) is 4.74 Å². The SMILES string of the molecule is Cc1nn(Cc2ccc(F)cc2)c(C)c1NC(=O)c1cc(COc2ccccc2F)cs1. The van der Waals surface area contributed by atoms with Crippen molar-refractivity contribution in [1.82, 2.24) is 9.78 Å². The second-order valence-corrected chi connectivity index (χ2v) is 8.23. The largest absolute Gasteiger partial charge is 0.486 e. The highest BCUT2D eigenvalue weighted by Crippen LogP contribution is 2.24. The third-order valence-corrected chi connectivity index (χ3v) is 5.95. The van der Waals surface area contributed by atoms with E-state index in [0.717, 1.165) is 16.8 Å². The van der Waals surface area contributed by atoms with Gasteiger partial charge in [-0.05, 0) is 55.1 Å². The number of ether oxygens (including phenoxy) is 1. The van der Waals surface area contributed by atoms with Crippen molar-refractivity contribution >= 4 is 22.9 Å². The smallest absolute Gasteiger partial charge is 0.265 e. The van der Waals surface area contributed by atoms with Gasteiger partial charge in [0.25, 0.3) is 5.91 Å². The number of thiophene rings is 1. The van der Waals surface area contributed by atoms with Crippen LogP contribution in [0.2, 0.25) is 0 Å². The Morgan fingerprint density at radius 3 is 2.59 bits per heavy atom. The molecule has 8 heteroatoms. The van der Waals surface area contributed by atoms with Gasteiger partial charge in [0, 0.05) is 5.56 Å². The molecule has 5 nitrogen and oxygen atoms in total. The average molecular weight is 454 g/mol. The van der Waals surface area contributed by atoms with Crippen LogP contribution in [-0.4, -0.2) is 15.7 Å². The van der Waals surface area contributed by atoms with Crippen LogP contribution in [0.5, 0.6) is 5.75 Å². The van der Waals surface area contributed by atoms with Crippen molar-refractivity contribution in [2.24, 2.45) is 0 Å². The molecule has 0 aliphatic heterocycles. The van der Waals surface area contributed by atoms with E-state index in [-0.39, 0.29) is 24.1 Å². The highest BCUT2D eigenvalue weighted by Gasteiger charge is 2.17. The average Bonchev–Trinajstić information content (AvgIpc) is 3.35. The zero-order valence-corrected chi connectivity index (χ0v) is 18.4. The van der Waals surface area contributed by atoms with Gasteiger partial charge >= 0.3 is 0 Å². The Hall–Kier alpha value is -3.52. The van der Waals surface area contributed by atoms with Crippen LogP contribution in [0.3, 0.4) is 0 Å². The Morgan fingerprint density at radius 2 is 1.84 bits per heavy atom. The predicted octanol–water partition coefficient (Wildman–Crippen LogP) is 5.72. The molecule has 0 fully saturated rings. The molecule has 2 heterocycles. The standard InChI is InChI=1S/C24H21F2N3O2S/c1-15-23(16(2)29(28-15)12-17-7-9-19(25)10-8-17)27-24(30)22-11-18(14-32-22)13-31-21-6-4-3-5-20(21)26/h3-11,14H,12-13H2,1-2H3,(H,27,30). The summed E-state index contributed by atoms with van der Waals surface area (Å²) < 4.78 is 34.1. The first kappa shape index (κ1) is 21.7. The van der Waals surface area contributed by atoms with Crippen LogP contribution in [0.15, 0.2) is 60.0 Å². The van der Waals surface area contributed by atoms with E-state index < -0.39 is 5.82 Å². The fourth-order valence-electron chi connectivity index (χ4n) is 3.26.